The van der Waals surface area contributed by atoms with Gasteiger partial charge in [-0.05, 0) is 35.9 Å². The summed E-state index contributed by atoms with van der Waals surface area (Å²) in [6.45, 7) is 0. The average Bonchev–Trinajstić information content (AvgIpc) is 3.06. The maximum atomic E-state index is 13.7. The fourth-order valence-corrected chi connectivity index (χ4v) is 2.57. The number of aliphatic carboxylic acids is 1. The highest BCUT2D eigenvalue weighted by molar-refractivity contribution is 5.98. The van der Waals surface area contributed by atoms with E-state index in [1.807, 2.05) is 0 Å². The maximum Gasteiger partial charge on any atom is 0.326 e. The third kappa shape index (κ3) is 3.66. The molecule has 0 fully saturated rings. The number of ether oxygens (including phenoxy) is 1. The maximum absolute atomic E-state index is 13.7. The molecule has 0 radical (unpaired) electrons. The van der Waals surface area contributed by atoms with E-state index in [0.717, 1.165) is 0 Å². The molecule has 26 heavy (non-hydrogen) atoms. The molecule has 2 aromatic carbocycles. The highest BCUT2D eigenvalue weighted by Crippen LogP contribution is 2.24. The van der Waals surface area contributed by atoms with Crippen molar-refractivity contribution in [2.75, 3.05) is 7.11 Å². The number of hydrogen-bond donors (Lipinski definition) is 2. The molecule has 0 unspecified atom stereocenters. The zero-order valence-electron chi connectivity index (χ0n) is 13.9. The second-order valence-electron chi connectivity index (χ2n) is 5.67. The number of carbonyl (C=O) groups is 2. The predicted octanol–water partition coefficient (Wildman–Crippen LogP) is 3.01. The summed E-state index contributed by atoms with van der Waals surface area (Å²) in [7, 11) is 1.52. The molecular weight excluding hydrogens is 341 g/mol. The molecule has 0 aliphatic rings. The van der Waals surface area contributed by atoms with Crippen LogP contribution >= 0.6 is 0 Å². The Kier molecular flexibility index (Phi) is 4.88. The number of methoxy groups -OCH3 is 1. The summed E-state index contributed by atoms with van der Waals surface area (Å²) in [5.74, 6) is -1.91. The summed E-state index contributed by atoms with van der Waals surface area (Å²) in [6, 6.07) is 11.1. The van der Waals surface area contributed by atoms with E-state index in [9.17, 15) is 19.1 Å². The lowest BCUT2D eigenvalue weighted by Gasteiger charge is -2.14. The van der Waals surface area contributed by atoms with Gasteiger partial charge in [-0.3, -0.25) is 4.79 Å². The molecule has 0 saturated carbocycles. The van der Waals surface area contributed by atoms with Crippen LogP contribution in [-0.4, -0.2) is 30.1 Å². The standard InChI is InChI=1S/C19H16FNO5/c1-25-13-6-7-16-12(8-13)10-17(26-16)18(22)21-15(19(23)24)9-11-4-2-3-5-14(11)20/h2-8,10,15H,9H2,1H3,(H,21,22)(H,23,24)/t15-/m0/s1. The first-order chi connectivity index (χ1) is 12.5. The summed E-state index contributed by atoms with van der Waals surface area (Å²) >= 11 is 0. The van der Waals surface area contributed by atoms with Crippen LogP contribution in [0.4, 0.5) is 4.39 Å². The molecular formula is C19H16FNO5. The largest absolute Gasteiger partial charge is 0.497 e. The lowest BCUT2D eigenvalue weighted by Crippen LogP contribution is -2.42. The van der Waals surface area contributed by atoms with Gasteiger partial charge in [0.05, 0.1) is 7.11 Å². The van der Waals surface area contributed by atoms with Crippen molar-refractivity contribution in [1.29, 1.82) is 0 Å². The van der Waals surface area contributed by atoms with Crippen molar-refractivity contribution in [1.82, 2.24) is 5.32 Å². The van der Waals surface area contributed by atoms with Crippen LogP contribution in [0.15, 0.2) is 52.9 Å². The van der Waals surface area contributed by atoms with Crippen LogP contribution in [0, 0.1) is 5.82 Å². The third-order valence-electron chi connectivity index (χ3n) is 3.93. The molecule has 0 spiro atoms. The van der Waals surface area contributed by atoms with E-state index in [-0.39, 0.29) is 17.7 Å². The van der Waals surface area contributed by atoms with E-state index in [1.165, 1.54) is 31.4 Å². The first-order valence-electron chi connectivity index (χ1n) is 7.82. The quantitative estimate of drug-likeness (QED) is 0.708. The molecule has 1 amide bonds. The Labute approximate surface area is 148 Å². The van der Waals surface area contributed by atoms with Gasteiger partial charge < -0.3 is 19.6 Å². The zero-order valence-corrected chi connectivity index (χ0v) is 13.9. The number of carboxylic acids is 1. The summed E-state index contributed by atoms with van der Waals surface area (Å²) < 4.78 is 24.3. The molecule has 0 aliphatic heterocycles. The number of nitrogens with one attached hydrogen (secondary N) is 1. The van der Waals surface area contributed by atoms with E-state index < -0.39 is 23.7 Å². The average molecular weight is 357 g/mol. The first-order valence-corrected chi connectivity index (χ1v) is 7.82. The Hall–Kier alpha value is -3.35. The third-order valence-corrected chi connectivity index (χ3v) is 3.93. The summed E-state index contributed by atoms with van der Waals surface area (Å²) in [6.07, 6.45) is -0.179. The van der Waals surface area contributed by atoms with E-state index in [2.05, 4.69) is 5.32 Å². The highest BCUT2D eigenvalue weighted by atomic mass is 19.1. The zero-order chi connectivity index (χ0) is 18.7. The summed E-state index contributed by atoms with van der Waals surface area (Å²) in [5, 5.41) is 12.4. The normalized spacial score (nSPS) is 11.9. The van der Waals surface area contributed by atoms with Gasteiger partial charge in [-0.2, -0.15) is 0 Å². The van der Waals surface area contributed by atoms with Gasteiger partial charge in [-0.1, -0.05) is 18.2 Å². The van der Waals surface area contributed by atoms with Gasteiger partial charge in [0.25, 0.3) is 5.91 Å². The Bertz CT molecular complexity index is 965. The Morgan fingerprint density at radius 2 is 2.00 bits per heavy atom. The number of carbonyl (C=O) groups excluding carboxylic acids is 1. The van der Waals surface area contributed by atoms with Gasteiger partial charge in [-0.25, -0.2) is 9.18 Å². The number of hydrogen-bond acceptors (Lipinski definition) is 4. The van der Waals surface area contributed by atoms with Crippen LogP contribution in [0.1, 0.15) is 16.1 Å². The second kappa shape index (κ2) is 7.26. The van der Waals surface area contributed by atoms with Gasteiger partial charge in [0.1, 0.15) is 23.2 Å². The highest BCUT2D eigenvalue weighted by Gasteiger charge is 2.24. The second-order valence-corrected chi connectivity index (χ2v) is 5.67. The number of rotatable bonds is 6. The number of furan rings is 1. The van der Waals surface area contributed by atoms with Gasteiger partial charge in [-0.15, -0.1) is 0 Å². The summed E-state index contributed by atoms with van der Waals surface area (Å²) in [4.78, 5) is 23.8. The molecule has 7 heteroatoms. The minimum atomic E-state index is -1.29. The molecule has 134 valence electrons. The molecule has 1 heterocycles. The van der Waals surface area contributed by atoms with Crippen LogP contribution in [0.3, 0.4) is 0 Å². The number of amides is 1. The molecule has 0 saturated heterocycles. The van der Waals surface area contributed by atoms with E-state index in [1.54, 1.807) is 24.3 Å². The smallest absolute Gasteiger partial charge is 0.326 e. The fraction of sp³-hybridized carbons (Fsp3) is 0.158. The van der Waals surface area contributed by atoms with Crippen molar-refractivity contribution in [3.63, 3.8) is 0 Å². The van der Waals surface area contributed by atoms with Gasteiger partial charge in [0.2, 0.25) is 0 Å². The fourth-order valence-electron chi connectivity index (χ4n) is 2.57. The van der Waals surface area contributed by atoms with Crippen molar-refractivity contribution >= 4 is 22.8 Å². The van der Waals surface area contributed by atoms with Crippen molar-refractivity contribution in [2.24, 2.45) is 0 Å². The molecule has 3 rings (SSSR count). The van der Waals surface area contributed by atoms with Crippen molar-refractivity contribution in [2.45, 2.75) is 12.5 Å². The number of halogens is 1. The lowest BCUT2D eigenvalue weighted by molar-refractivity contribution is -0.139. The SMILES string of the molecule is COc1ccc2oc(C(=O)N[C@@H](Cc3ccccc3F)C(=O)O)cc2c1. The first kappa shape index (κ1) is 17.5. The number of fused-ring (bicyclic) bond motifs is 1. The van der Waals surface area contributed by atoms with Gasteiger partial charge >= 0.3 is 5.97 Å². The van der Waals surface area contributed by atoms with Crippen molar-refractivity contribution in [3.8, 4) is 5.75 Å². The predicted molar refractivity (Wildman–Crippen MR) is 91.8 cm³/mol. The molecule has 2 N–H and O–H groups in total. The minimum Gasteiger partial charge on any atom is -0.497 e. The van der Waals surface area contributed by atoms with Crippen molar-refractivity contribution in [3.05, 3.63) is 65.7 Å². The van der Waals surface area contributed by atoms with E-state index >= 15 is 0 Å². The van der Waals surface area contributed by atoms with Crippen LogP contribution in [-0.2, 0) is 11.2 Å². The minimum absolute atomic E-state index is 0.0342. The van der Waals surface area contributed by atoms with Crippen LogP contribution in [0.5, 0.6) is 5.75 Å². The monoisotopic (exact) mass is 357 g/mol. The van der Waals surface area contributed by atoms with E-state index in [0.29, 0.717) is 16.7 Å². The Morgan fingerprint density at radius 1 is 1.23 bits per heavy atom. The Balaban J connectivity index is 1.80. The van der Waals surface area contributed by atoms with Crippen molar-refractivity contribution < 1.29 is 28.2 Å². The van der Waals surface area contributed by atoms with Crippen LogP contribution < -0.4 is 10.1 Å². The molecule has 6 nitrogen and oxygen atoms in total. The molecule has 0 bridgehead atoms. The number of carboxylic acid groups (broad SMARTS) is 1. The summed E-state index contributed by atoms with van der Waals surface area (Å²) in [5.41, 5.74) is 0.673. The Morgan fingerprint density at radius 3 is 2.69 bits per heavy atom. The van der Waals surface area contributed by atoms with E-state index in [4.69, 9.17) is 9.15 Å². The molecule has 0 aliphatic carbocycles. The van der Waals surface area contributed by atoms with Gasteiger partial charge in [0.15, 0.2) is 5.76 Å². The number of benzene rings is 2. The molecule has 1 aromatic heterocycles. The topological polar surface area (TPSA) is 88.8 Å². The van der Waals surface area contributed by atoms with Crippen LogP contribution in [0.25, 0.3) is 11.0 Å². The molecule has 3 aromatic rings. The van der Waals surface area contributed by atoms with Gasteiger partial charge in [0, 0.05) is 11.8 Å². The molecule has 1 atom stereocenters. The van der Waals surface area contributed by atoms with Crippen LogP contribution in [0.2, 0.25) is 0 Å². The lowest BCUT2D eigenvalue weighted by atomic mass is 10.1.